The van der Waals surface area contributed by atoms with Gasteiger partial charge in [-0.15, -0.1) is 0 Å². The lowest BCUT2D eigenvalue weighted by atomic mass is 10.1. The molecule has 1 aromatic carbocycles. The van der Waals surface area contributed by atoms with Crippen molar-refractivity contribution >= 4 is 5.97 Å². The summed E-state index contributed by atoms with van der Waals surface area (Å²) >= 11 is 0. The highest BCUT2D eigenvalue weighted by atomic mass is 16.4. The molecule has 1 fully saturated rings. The molecule has 110 valence electrons. The van der Waals surface area contributed by atoms with E-state index in [0.29, 0.717) is 0 Å². The van der Waals surface area contributed by atoms with Crippen molar-refractivity contribution in [2.75, 3.05) is 32.7 Å². The zero-order valence-corrected chi connectivity index (χ0v) is 12.2. The largest absolute Gasteiger partial charge is 0.480 e. The molecule has 2 rings (SSSR count). The molecule has 0 spiro atoms. The molecule has 4 nitrogen and oxygen atoms in total. The first-order valence-electron chi connectivity index (χ1n) is 7.41. The zero-order valence-electron chi connectivity index (χ0n) is 12.2. The van der Waals surface area contributed by atoms with Gasteiger partial charge in [0.25, 0.3) is 0 Å². The van der Waals surface area contributed by atoms with Crippen LogP contribution in [0.5, 0.6) is 0 Å². The number of carboxylic acid groups (broad SMARTS) is 1. The summed E-state index contributed by atoms with van der Waals surface area (Å²) < 4.78 is 0. The van der Waals surface area contributed by atoms with Crippen LogP contribution in [0.25, 0.3) is 0 Å². The van der Waals surface area contributed by atoms with Crippen molar-refractivity contribution in [2.45, 2.75) is 26.3 Å². The van der Waals surface area contributed by atoms with Crippen LogP contribution < -0.4 is 0 Å². The normalized spacial score (nSPS) is 17.9. The minimum atomic E-state index is -0.728. The van der Waals surface area contributed by atoms with Crippen LogP contribution in [0, 0.1) is 0 Å². The Hall–Kier alpha value is -1.39. The summed E-state index contributed by atoms with van der Waals surface area (Å²) in [5.74, 6) is -0.728. The molecule has 1 N–H and O–H groups in total. The van der Waals surface area contributed by atoms with Gasteiger partial charge >= 0.3 is 5.97 Å². The maximum Gasteiger partial charge on any atom is 0.317 e. The molecule has 20 heavy (non-hydrogen) atoms. The summed E-state index contributed by atoms with van der Waals surface area (Å²) in [6, 6.07) is 8.81. The van der Waals surface area contributed by atoms with Crippen molar-refractivity contribution in [1.29, 1.82) is 0 Å². The van der Waals surface area contributed by atoms with Gasteiger partial charge in [0.05, 0.1) is 6.54 Å². The Balaban J connectivity index is 1.85. The van der Waals surface area contributed by atoms with Gasteiger partial charge in [-0.1, -0.05) is 31.2 Å². The van der Waals surface area contributed by atoms with Crippen LogP contribution in [0.3, 0.4) is 0 Å². The molecule has 4 heteroatoms. The molecule has 1 saturated heterocycles. The highest BCUT2D eigenvalue weighted by Gasteiger charge is 2.16. The monoisotopic (exact) mass is 276 g/mol. The van der Waals surface area contributed by atoms with Crippen molar-refractivity contribution in [2.24, 2.45) is 0 Å². The number of aliphatic carboxylic acids is 1. The fourth-order valence-electron chi connectivity index (χ4n) is 2.67. The maximum absolute atomic E-state index is 10.8. The predicted molar refractivity (Wildman–Crippen MR) is 79.8 cm³/mol. The molecule has 0 unspecified atom stereocenters. The molecule has 0 bridgehead atoms. The Morgan fingerprint density at radius 1 is 1.05 bits per heavy atom. The number of rotatable bonds is 5. The first kappa shape index (κ1) is 15.0. The minimum absolute atomic E-state index is 0.166. The molecule has 0 radical (unpaired) electrons. The van der Waals surface area contributed by atoms with E-state index in [4.69, 9.17) is 5.11 Å². The Kier molecular flexibility index (Phi) is 5.56. The lowest BCUT2D eigenvalue weighted by Crippen LogP contribution is -2.34. The Morgan fingerprint density at radius 2 is 1.65 bits per heavy atom. The number of nitrogens with zero attached hydrogens (tertiary/aromatic N) is 2. The van der Waals surface area contributed by atoms with Crippen LogP contribution in [0.15, 0.2) is 24.3 Å². The van der Waals surface area contributed by atoms with Crippen LogP contribution in [0.4, 0.5) is 0 Å². The second-order valence-electron chi connectivity index (χ2n) is 5.47. The van der Waals surface area contributed by atoms with Gasteiger partial charge < -0.3 is 5.11 Å². The van der Waals surface area contributed by atoms with Gasteiger partial charge in [0.1, 0.15) is 0 Å². The first-order chi connectivity index (χ1) is 9.67. The van der Waals surface area contributed by atoms with Crippen LogP contribution in [0.1, 0.15) is 24.5 Å². The van der Waals surface area contributed by atoms with Crippen LogP contribution in [0.2, 0.25) is 0 Å². The summed E-state index contributed by atoms with van der Waals surface area (Å²) in [4.78, 5) is 15.2. The van der Waals surface area contributed by atoms with Gasteiger partial charge in [-0.25, -0.2) is 0 Å². The topological polar surface area (TPSA) is 43.8 Å². The van der Waals surface area contributed by atoms with Gasteiger partial charge in [-0.2, -0.15) is 0 Å². The summed E-state index contributed by atoms with van der Waals surface area (Å²) in [5.41, 5.74) is 2.71. The molecule has 0 aromatic heterocycles. The molecule has 1 aliphatic rings. The molecular weight excluding hydrogens is 252 g/mol. The number of benzene rings is 1. The van der Waals surface area contributed by atoms with Crippen molar-refractivity contribution < 1.29 is 9.90 Å². The van der Waals surface area contributed by atoms with Gasteiger partial charge in [0, 0.05) is 26.2 Å². The fourth-order valence-corrected chi connectivity index (χ4v) is 2.67. The van der Waals surface area contributed by atoms with E-state index in [1.807, 2.05) is 4.90 Å². The molecule has 0 atom stereocenters. The number of aryl methyl sites for hydroxylation is 1. The number of carboxylic acids is 1. The van der Waals surface area contributed by atoms with Crippen molar-refractivity contribution in [3.8, 4) is 0 Å². The Labute approximate surface area is 121 Å². The van der Waals surface area contributed by atoms with E-state index in [9.17, 15) is 4.79 Å². The van der Waals surface area contributed by atoms with E-state index in [1.165, 1.54) is 11.1 Å². The number of carbonyl (C=O) groups is 1. The lowest BCUT2D eigenvalue weighted by molar-refractivity contribution is -0.138. The fraction of sp³-hybridized carbons (Fsp3) is 0.562. The maximum atomic E-state index is 10.8. The standard InChI is InChI=1S/C16H24N2O2/c1-2-14-4-6-15(7-5-14)12-17-8-3-9-18(11-10-17)13-16(19)20/h4-7H,2-3,8-13H2,1H3,(H,19,20). The first-order valence-corrected chi connectivity index (χ1v) is 7.41. The smallest absolute Gasteiger partial charge is 0.317 e. The van der Waals surface area contributed by atoms with E-state index in [2.05, 4.69) is 36.1 Å². The third-order valence-electron chi connectivity index (χ3n) is 3.88. The second kappa shape index (κ2) is 7.41. The van der Waals surface area contributed by atoms with Crippen molar-refractivity contribution in [1.82, 2.24) is 9.80 Å². The average Bonchev–Trinajstić information content (AvgIpc) is 2.65. The molecule has 0 saturated carbocycles. The van der Waals surface area contributed by atoms with E-state index in [-0.39, 0.29) is 6.54 Å². The minimum Gasteiger partial charge on any atom is -0.480 e. The van der Waals surface area contributed by atoms with Gasteiger partial charge in [-0.05, 0) is 30.5 Å². The summed E-state index contributed by atoms with van der Waals surface area (Å²) in [6.45, 7) is 7.02. The lowest BCUT2D eigenvalue weighted by Gasteiger charge is -2.21. The molecule has 0 amide bonds. The molecule has 1 aliphatic heterocycles. The van der Waals surface area contributed by atoms with Crippen molar-refractivity contribution in [3.63, 3.8) is 0 Å². The summed E-state index contributed by atoms with van der Waals surface area (Å²) in [5, 5.41) is 8.85. The van der Waals surface area contributed by atoms with Gasteiger partial charge in [0.2, 0.25) is 0 Å². The van der Waals surface area contributed by atoms with E-state index in [1.54, 1.807) is 0 Å². The SMILES string of the molecule is CCc1ccc(CN2CCCN(CC(=O)O)CC2)cc1. The Morgan fingerprint density at radius 3 is 2.30 bits per heavy atom. The Bertz CT molecular complexity index is 431. The quantitative estimate of drug-likeness (QED) is 0.891. The van der Waals surface area contributed by atoms with Crippen LogP contribution in [-0.2, 0) is 17.8 Å². The molecule has 0 aliphatic carbocycles. The van der Waals surface area contributed by atoms with E-state index in [0.717, 1.165) is 45.6 Å². The third kappa shape index (κ3) is 4.62. The van der Waals surface area contributed by atoms with E-state index < -0.39 is 5.97 Å². The number of hydrogen-bond donors (Lipinski definition) is 1. The van der Waals surface area contributed by atoms with Crippen LogP contribution in [-0.4, -0.2) is 53.6 Å². The summed E-state index contributed by atoms with van der Waals surface area (Å²) in [6.07, 6.45) is 2.12. The van der Waals surface area contributed by atoms with E-state index >= 15 is 0 Å². The number of hydrogen-bond acceptors (Lipinski definition) is 3. The highest BCUT2D eigenvalue weighted by molar-refractivity contribution is 5.69. The highest BCUT2D eigenvalue weighted by Crippen LogP contribution is 2.10. The molecule has 1 aromatic rings. The molecule has 1 heterocycles. The average molecular weight is 276 g/mol. The molecular formula is C16H24N2O2. The third-order valence-corrected chi connectivity index (χ3v) is 3.88. The van der Waals surface area contributed by atoms with Gasteiger partial charge in [0.15, 0.2) is 0 Å². The second-order valence-corrected chi connectivity index (χ2v) is 5.47. The van der Waals surface area contributed by atoms with Crippen LogP contribution >= 0.6 is 0 Å². The predicted octanol–water partition coefficient (Wildman–Crippen LogP) is 1.84. The zero-order chi connectivity index (χ0) is 14.4. The summed E-state index contributed by atoms with van der Waals surface area (Å²) in [7, 11) is 0. The van der Waals surface area contributed by atoms with Crippen molar-refractivity contribution in [3.05, 3.63) is 35.4 Å². The van der Waals surface area contributed by atoms with Gasteiger partial charge in [-0.3, -0.25) is 14.6 Å².